The second-order valence-electron chi connectivity index (χ2n) is 4.59. The molecule has 3 nitrogen and oxygen atoms in total. The summed E-state index contributed by atoms with van der Waals surface area (Å²) in [6.07, 6.45) is -3.50. The molecule has 1 heterocycles. The average molecular weight is 269 g/mol. The minimum atomic E-state index is -4.12. The molecular formula is C10H14F3NO2S. The van der Waals surface area contributed by atoms with Gasteiger partial charge in [-0.2, -0.15) is 24.9 Å². The lowest BCUT2D eigenvalue weighted by atomic mass is 9.84. The summed E-state index contributed by atoms with van der Waals surface area (Å²) in [5.74, 6) is -1.80. The normalized spacial score (nSPS) is 38.5. The highest BCUT2D eigenvalue weighted by molar-refractivity contribution is 8.00. The number of aliphatic carboxylic acids is 1. The Hall–Kier alpha value is -0.430. The zero-order valence-electron chi connectivity index (χ0n) is 9.04. The molecule has 0 aromatic rings. The van der Waals surface area contributed by atoms with E-state index in [4.69, 9.17) is 5.11 Å². The van der Waals surface area contributed by atoms with E-state index in [9.17, 15) is 18.0 Å². The Labute approximate surface area is 101 Å². The van der Waals surface area contributed by atoms with Gasteiger partial charge in [0, 0.05) is 17.0 Å². The third-order valence-electron chi connectivity index (χ3n) is 3.44. The minimum Gasteiger partial charge on any atom is -0.480 e. The number of hydrogen-bond acceptors (Lipinski definition) is 3. The quantitative estimate of drug-likeness (QED) is 0.763. The molecule has 0 spiro atoms. The maximum absolute atomic E-state index is 12.6. The Bertz CT molecular complexity index is 310. The summed E-state index contributed by atoms with van der Waals surface area (Å²) in [5, 5.41) is 11.7. The summed E-state index contributed by atoms with van der Waals surface area (Å²) in [6, 6.07) is -0.711. The molecule has 0 radical (unpaired) electrons. The van der Waals surface area contributed by atoms with Crippen molar-refractivity contribution in [2.24, 2.45) is 5.92 Å². The summed E-state index contributed by atoms with van der Waals surface area (Å²) in [5.41, 5.74) is 0. The number of thioether (sulfide) groups is 1. The van der Waals surface area contributed by atoms with Crippen LogP contribution in [0.4, 0.5) is 13.2 Å². The van der Waals surface area contributed by atoms with Gasteiger partial charge in [0.1, 0.15) is 6.04 Å². The van der Waals surface area contributed by atoms with Crippen LogP contribution < -0.4 is 5.32 Å². The summed E-state index contributed by atoms with van der Waals surface area (Å²) in [4.78, 5) is 10.8. The van der Waals surface area contributed by atoms with Crippen LogP contribution in [0.2, 0.25) is 0 Å². The molecular weight excluding hydrogens is 255 g/mol. The Kier molecular flexibility index (Phi) is 3.58. The number of alkyl halides is 3. The van der Waals surface area contributed by atoms with E-state index in [0.29, 0.717) is 12.2 Å². The van der Waals surface area contributed by atoms with Crippen LogP contribution in [0.1, 0.15) is 19.3 Å². The lowest BCUT2D eigenvalue weighted by molar-refractivity contribution is -0.182. The van der Waals surface area contributed by atoms with Crippen LogP contribution in [0.5, 0.6) is 0 Å². The highest BCUT2D eigenvalue weighted by atomic mass is 32.2. The van der Waals surface area contributed by atoms with Gasteiger partial charge < -0.3 is 5.11 Å². The summed E-state index contributed by atoms with van der Waals surface area (Å²) in [7, 11) is 0. The SMILES string of the molecule is O=C(O)C1CSC2CC(C(F)(F)F)CCC2N1. The number of halogens is 3. The van der Waals surface area contributed by atoms with Crippen molar-refractivity contribution in [3.8, 4) is 0 Å². The van der Waals surface area contributed by atoms with Gasteiger partial charge in [0.25, 0.3) is 0 Å². The zero-order valence-corrected chi connectivity index (χ0v) is 9.85. The fourth-order valence-electron chi connectivity index (χ4n) is 2.47. The van der Waals surface area contributed by atoms with Crippen molar-refractivity contribution >= 4 is 17.7 Å². The van der Waals surface area contributed by atoms with Crippen LogP contribution in [0.3, 0.4) is 0 Å². The molecule has 0 bridgehead atoms. The van der Waals surface area contributed by atoms with Gasteiger partial charge in [-0.3, -0.25) is 10.1 Å². The molecule has 0 amide bonds. The van der Waals surface area contributed by atoms with Crippen LogP contribution in [-0.2, 0) is 4.79 Å². The molecule has 2 rings (SSSR count). The highest BCUT2D eigenvalue weighted by Crippen LogP contribution is 2.42. The molecule has 2 N–H and O–H groups in total. The Morgan fingerprint density at radius 1 is 1.35 bits per heavy atom. The zero-order chi connectivity index (χ0) is 12.6. The van der Waals surface area contributed by atoms with E-state index in [1.54, 1.807) is 0 Å². The number of carboxylic acids is 1. The molecule has 0 aromatic carbocycles. The molecule has 2 fully saturated rings. The van der Waals surface area contributed by atoms with Crippen molar-refractivity contribution < 1.29 is 23.1 Å². The van der Waals surface area contributed by atoms with Crippen molar-refractivity contribution in [3.05, 3.63) is 0 Å². The number of carbonyl (C=O) groups is 1. The Morgan fingerprint density at radius 2 is 2.06 bits per heavy atom. The van der Waals surface area contributed by atoms with Gasteiger partial charge in [-0.05, 0) is 19.3 Å². The smallest absolute Gasteiger partial charge is 0.391 e. The van der Waals surface area contributed by atoms with Crippen molar-refractivity contribution in [2.75, 3.05) is 5.75 Å². The molecule has 1 aliphatic carbocycles. The molecule has 2 aliphatic rings. The number of carboxylic acid groups (broad SMARTS) is 1. The molecule has 1 aliphatic heterocycles. The predicted molar refractivity (Wildman–Crippen MR) is 58.0 cm³/mol. The first-order valence-corrected chi connectivity index (χ1v) is 6.60. The third-order valence-corrected chi connectivity index (χ3v) is 4.92. The number of rotatable bonds is 1. The first kappa shape index (κ1) is 13.0. The standard InChI is InChI=1S/C10H14F3NO2S/c11-10(12,13)5-1-2-6-8(3-5)17-4-7(14-6)9(15)16/h5-8,14H,1-4H2,(H,15,16). The fraction of sp³-hybridized carbons (Fsp3) is 0.900. The van der Waals surface area contributed by atoms with Crippen LogP contribution in [-0.4, -0.2) is 40.3 Å². The van der Waals surface area contributed by atoms with E-state index < -0.39 is 24.1 Å². The first-order valence-electron chi connectivity index (χ1n) is 5.55. The molecule has 0 aromatic heterocycles. The molecule has 17 heavy (non-hydrogen) atoms. The molecule has 4 atom stereocenters. The lowest BCUT2D eigenvalue weighted by Crippen LogP contribution is -2.56. The minimum absolute atomic E-state index is 0.0894. The summed E-state index contributed by atoms with van der Waals surface area (Å²) >= 11 is 1.36. The van der Waals surface area contributed by atoms with Crippen molar-refractivity contribution in [1.29, 1.82) is 0 Å². The van der Waals surface area contributed by atoms with Crippen LogP contribution in [0.15, 0.2) is 0 Å². The van der Waals surface area contributed by atoms with Crippen molar-refractivity contribution in [3.63, 3.8) is 0 Å². The maximum atomic E-state index is 12.6. The van der Waals surface area contributed by atoms with Crippen LogP contribution in [0, 0.1) is 5.92 Å². The Morgan fingerprint density at radius 3 is 2.65 bits per heavy atom. The van der Waals surface area contributed by atoms with Gasteiger partial charge in [-0.15, -0.1) is 0 Å². The highest BCUT2D eigenvalue weighted by Gasteiger charge is 2.47. The molecule has 4 unspecified atom stereocenters. The monoisotopic (exact) mass is 269 g/mol. The van der Waals surface area contributed by atoms with Gasteiger partial charge in [0.05, 0.1) is 5.92 Å². The Balaban J connectivity index is 1.95. The molecule has 1 saturated heterocycles. The van der Waals surface area contributed by atoms with E-state index in [1.807, 2.05) is 0 Å². The topological polar surface area (TPSA) is 49.3 Å². The lowest BCUT2D eigenvalue weighted by Gasteiger charge is -2.41. The van der Waals surface area contributed by atoms with E-state index in [2.05, 4.69) is 5.32 Å². The summed E-state index contributed by atoms with van der Waals surface area (Å²) in [6.45, 7) is 0. The van der Waals surface area contributed by atoms with E-state index in [-0.39, 0.29) is 24.1 Å². The van der Waals surface area contributed by atoms with Crippen LogP contribution in [0.25, 0.3) is 0 Å². The van der Waals surface area contributed by atoms with Crippen molar-refractivity contribution in [2.45, 2.75) is 42.8 Å². The molecule has 1 saturated carbocycles. The van der Waals surface area contributed by atoms with Gasteiger partial charge in [0.2, 0.25) is 0 Å². The first-order chi connectivity index (χ1) is 7.88. The number of fused-ring (bicyclic) bond motifs is 1. The predicted octanol–water partition coefficient (Wildman–Crippen LogP) is 1.88. The summed E-state index contributed by atoms with van der Waals surface area (Å²) < 4.78 is 37.7. The molecule has 7 heteroatoms. The van der Waals surface area contributed by atoms with Gasteiger partial charge >= 0.3 is 12.1 Å². The fourth-order valence-corrected chi connectivity index (χ4v) is 3.96. The maximum Gasteiger partial charge on any atom is 0.391 e. The van der Waals surface area contributed by atoms with E-state index in [0.717, 1.165) is 0 Å². The third kappa shape index (κ3) is 2.88. The van der Waals surface area contributed by atoms with E-state index >= 15 is 0 Å². The van der Waals surface area contributed by atoms with E-state index in [1.165, 1.54) is 11.8 Å². The van der Waals surface area contributed by atoms with Crippen molar-refractivity contribution in [1.82, 2.24) is 5.32 Å². The van der Waals surface area contributed by atoms with Gasteiger partial charge in [-0.1, -0.05) is 0 Å². The number of nitrogens with one attached hydrogen (secondary N) is 1. The number of hydrogen-bond donors (Lipinski definition) is 2. The molecule has 98 valence electrons. The second-order valence-corrected chi connectivity index (χ2v) is 5.86. The van der Waals surface area contributed by atoms with Gasteiger partial charge in [0.15, 0.2) is 0 Å². The largest absolute Gasteiger partial charge is 0.480 e. The van der Waals surface area contributed by atoms with Crippen LogP contribution >= 0.6 is 11.8 Å². The average Bonchev–Trinajstić information content (AvgIpc) is 2.26. The van der Waals surface area contributed by atoms with Gasteiger partial charge in [-0.25, -0.2) is 0 Å². The second kappa shape index (κ2) is 4.68.